The number of hydrogen-bond donors (Lipinski definition) is 0. The Bertz CT molecular complexity index is 358. The third kappa shape index (κ3) is 2.15. The summed E-state index contributed by atoms with van der Waals surface area (Å²) in [6, 6.07) is 10.1. The highest BCUT2D eigenvalue weighted by Crippen LogP contribution is 2.11. The van der Waals surface area contributed by atoms with E-state index >= 15 is 0 Å². The highest BCUT2D eigenvalue weighted by Gasteiger charge is 1.94. The summed E-state index contributed by atoms with van der Waals surface area (Å²) in [4.78, 5) is 4.37. The average Bonchev–Trinajstić information content (AvgIpc) is 2.69. The molecule has 0 fully saturated rings. The molecule has 0 spiro atoms. The minimum Gasteiger partial charge on any atom is -0.260 e. The van der Waals surface area contributed by atoms with Gasteiger partial charge in [0.1, 0.15) is 0 Å². The monoisotopic (exact) mass is 169 g/mol. The molecule has 1 nitrogen and oxygen atoms in total. The van der Waals surface area contributed by atoms with Gasteiger partial charge in [0.2, 0.25) is 0 Å². The molecule has 0 amide bonds. The first-order valence-corrected chi connectivity index (χ1v) is 4.40. The Kier molecular flexibility index (Phi) is 2.37. The molecule has 1 aromatic carbocycles. The Labute approximate surface area is 78.1 Å². The SMILES string of the molecule is C1=CCC(N=Cc2ccccc2)=C1. The quantitative estimate of drug-likeness (QED) is 0.603. The van der Waals surface area contributed by atoms with E-state index in [9.17, 15) is 0 Å². The summed E-state index contributed by atoms with van der Waals surface area (Å²) in [7, 11) is 0. The first-order chi connectivity index (χ1) is 6.45. The van der Waals surface area contributed by atoms with E-state index in [1.807, 2.05) is 48.7 Å². The van der Waals surface area contributed by atoms with Crippen LogP contribution in [0.15, 0.2) is 59.2 Å². The van der Waals surface area contributed by atoms with Gasteiger partial charge in [-0.15, -0.1) is 0 Å². The summed E-state index contributed by atoms with van der Waals surface area (Å²) in [5.41, 5.74) is 2.28. The number of allylic oxidation sites excluding steroid dienone is 3. The first kappa shape index (κ1) is 7.99. The molecule has 0 bridgehead atoms. The van der Waals surface area contributed by atoms with Crippen LogP contribution in [-0.2, 0) is 0 Å². The van der Waals surface area contributed by atoms with Gasteiger partial charge in [0, 0.05) is 18.3 Å². The number of benzene rings is 1. The van der Waals surface area contributed by atoms with Crippen molar-refractivity contribution in [3.05, 3.63) is 59.8 Å². The number of hydrogen-bond acceptors (Lipinski definition) is 1. The van der Waals surface area contributed by atoms with Crippen molar-refractivity contribution >= 4 is 6.21 Å². The third-order valence-corrected chi connectivity index (χ3v) is 1.93. The van der Waals surface area contributed by atoms with Crippen LogP contribution in [0.1, 0.15) is 12.0 Å². The third-order valence-electron chi connectivity index (χ3n) is 1.93. The van der Waals surface area contributed by atoms with Crippen LogP contribution < -0.4 is 0 Å². The number of rotatable bonds is 2. The van der Waals surface area contributed by atoms with Gasteiger partial charge in [-0.2, -0.15) is 0 Å². The predicted octanol–water partition coefficient (Wildman–Crippen LogP) is 2.95. The lowest BCUT2D eigenvalue weighted by molar-refractivity contribution is 1.20. The molecular formula is C12H11N. The standard InChI is InChI=1S/C12H11N/c1-2-6-11(7-3-1)10-13-12-8-4-5-9-12/h1-8,10H,9H2. The minimum atomic E-state index is 0.962. The Hall–Kier alpha value is -1.63. The van der Waals surface area contributed by atoms with E-state index in [1.165, 1.54) is 0 Å². The van der Waals surface area contributed by atoms with Crippen molar-refractivity contribution in [1.29, 1.82) is 0 Å². The summed E-state index contributed by atoms with van der Waals surface area (Å²) < 4.78 is 0. The normalized spacial score (nSPS) is 15.2. The second-order valence-electron chi connectivity index (χ2n) is 2.96. The van der Waals surface area contributed by atoms with Crippen molar-refractivity contribution in [2.45, 2.75) is 6.42 Å². The molecular weight excluding hydrogens is 158 g/mol. The van der Waals surface area contributed by atoms with Gasteiger partial charge in [-0.1, -0.05) is 42.5 Å². The molecule has 0 saturated carbocycles. The van der Waals surface area contributed by atoms with Crippen molar-refractivity contribution in [2.75, 3.05) is 0 Å². The van der Waals surface area contributed by atoms with Crippen LogP contribution >= 0.6 is 0 Å². The molecule has 13 heavy (non-hydrogen) atoms. The lowest BCUT2D eigenvalue weighted by Gasteiger charge is -1.92. The highest BCUT2D eigenvalue weighted by atomic mass is 14.7. The molecule has 0 unspecified atom stereocenters. The molecule has 0 heterocycles. The molecule has 2 rings (SSSR count). The van der Waals surface area contributed by atoms with Crippen LogP contribution in [0.25, 0.3) is 0 Å². The van der Waals surface area contributed by atoms with Crippen molar-refractivity contribution in [1.82, 2.24) is 0 Å². The summed E-state index contributed by atoms with van der Waals surface area (Å²) in [5, 5.41) is 0. The van der Waals surface area contributed by atoms with Gasteiger partial charge < -0.3 is 0 Å². The smallest absolute Gasteiger partial charge is 0.0441 e. The molecule has 0 saturated heterocycles. The fraction of sp³-hybridized carbons (Fsp3) is 0.0833. The molecule has 0 N–H and O–H groups in total. The second-order valence-corrected chi connectivity index (χ2v) is 2.96. The Morgan fingerprint density at radius 3 is 2.69 bits per heavy atom. The van der Waals surface area contributed by atoms with Crippen LogP contribution in [0, 0.1) is 0 Å². The first-order valence-electron chi connectivity index (χ1n) is 4.40. The fourth-order valence-corrected chi connectivity index (χ4v) is 1.23. The van der Waals surface area contributed by atoms with Crippen molar-refractivity contribution in [3.63, 3.8) is 0 Å². The molecule has 1 aliphatic carbocycles. The van der Waals surface area contributed by atoms with Crippen LogP contribution in [0.5, 0.6) is 0 Å². The highest BCUT2D eigenvalue weighted by molar-refractivity contribution is 5.80. The van der Waals surface area contributed by atoms with E-state index < -0.39 is 0 Å². The van der Waals surface area contributed by atoms with E-state index in [0.29, 0.717) is 0 Å². The zero-order valence-corrected chi connectivity index (χ0v) is 7.35. The van der Waals surface area contributed by atoms with E-state index in [4.69, 9.17) is 0 Å². The summed E-state index contributed by atoms with van der Waals surface area (Å²) in [6.07, 6.45) is 9.05. The van der Waals surface area contributed by atoms with E-state index in [1.54, 1.807) is 0 Å². The van der Waals surface area contributed by atoms with E-state index in [0.717, 1.165) is 17.7 Å². The zero-order valence-electron chi connectivity index (χ0n) is 7.35. The maximum atomic E-state index is 4.37. The van der Waals surface area contributed by atoms with Crippen molar-refractivity contribution < 1.29 is 0 Å². The minimum absolute atomic E-state index is 0.962. The molecule has 1 heteroatoms. The fourth-order valence-electron chi connectivity index (χ4n) is 1.23. The maximum absolute atomic E-state index is 4.37. The summed E-state index contributed by atoms with van der Waals surface area (Å²) in [6.45, 7) is 0. The topological polar surface area (TPSA) is 12.4 Å². The molecule has 1 aromatic rings. The largest absolute Gasteiger partial charge is 0.260 e. The molecule has 64 valence electrons. The Morgan fingerprint density at radius 2 is 2.00 bits per heavy atom. The van der Waals surface area contributed by atoms with E-state index in [2.05, 4.69) is 11.1 Å². The molecule has 0 aliphatic heterocycles. The van der Waals surface area contributed by atoms with Crippen molar-refractivity contribution in [3.8, 4) is 0 Å². The van der Waals surface area contributed by atoms with Crippen LogP contribution in [0.4, 0.5) is 0 Å². The molecule has 0 atom stereocenters. The van der Waals surface area contributed by atoms with Crippen molar-refractivity contribution in [2.24, 2.45) is 4.99 Å². The predicted molar refractivity (Wildman–Crippen MR) is 55.9 cm³/mol. The molecule has 1 aliphatic rings. The zero-order chi connectivity index (χ0) is 8.93. The lowest BCUT2D eigenvalue weighted by Crippen LogP contribution is -1.80. The molecule has 0 radical (unpaired) electrons. The lowest BCUT2D eigenvalue weighted by atomic mass is 10.2. The maximum Gasteiger partial charge on any atom is 0.0441 e. The van der Waals surface area contributed by atoms with Gasteiger partial charge in [0.15, 0.2) is 0 Å². The van der Waals surface area contributed by atoms with Gasteiger partial charge in [-0.05, 0) is 11.6 Å². The van der Waals surface area contributed by atoms with Crippen LogP contribution in [-0.4, -0.2) is 6.21 Å². The van der Waals surface area contributed by atoms with Gasteiger partial charge in [-0.25, -0.2) is 0 Å². The molecule has 0 aromatic heterocycles. The summed E-state index contributed by atoms with van der Waals surface area (Å²) >= 11 is 0. The van der Waals surface area contributed by atoms with Crippen LogP contribution in [0.2, 0.25) is 0 Å². The summed E-state index contributed by atoms with van der Waals surface area (Å²) in [5.74, 6) is 0. The van der Waals surface area contributed by atoms with E-state index in [-0.39, 0.29) is 0 Å². The van der Waals surface area contributed by atoms with Gasteiger partial charge >= 0.3 is 0 Å². The van der Waals surface area contributed by atoms with Gasteiger partial charge in [0.05, 0.1) is 0 Å². The Morgan fingerprint density at radius 1 is 1.15 bits per heavy atom. The number of aliphatic imine (C=N–C) groups is 1. The Balaban J connectivity index is 2.06. The van der Waals surface area contributed by atoms with Gasteiger partial charge in [0.25, 0.3) is 0 Å². The average molecular weight is 169 g/mol. The van der Waals surface area contributed by atoms with Gasteiger partial charge in [-0.3, -0.25) is 4.99 Å². The van der Waals surface area contributed by atoms with Crippen LogP contribution in [0.3, 0.4) is 0 Å². The number of nitrogens with zero attached hydrogens (tertiary/aromatic N) is 1. The second kappa shape index (κ2) is 3.85.